The van der Waals surface area contributed by atoms with Gasteiger partial charge in [0.05, 0.1) is 12.2 Å². The molecule has 0 N–H and O–H groups in total. The maximum Gasteiger partial charge on any atom is 0.338 e. The first-order valence-corrected chi connectivity index (χ1v) is 4.96. The van der Waals surface area contributed by atoms with E-state index in [1.165, 1.54) is 0 Å². The first kappa shape index (κ1) is 11.1. The monoisotopic (exact) mass is 212 g/mol. The Balaban J connectivity index is 2.84. The number of hydrogen-bond donors (Lipinski definition) is 0. The Bertz CT molecular complexity index is 334. The summed E-state index contributed by atoms with van der Waals surface area (Å²) >= 11 is 5.88. The highest BCUT2D eigenvalue weighted by Gasteiger charge is 2.11. The molecule has 0 radical (unpaired) electrons. The van der Waals surface area contributed by atoms with Crippen molar-refractivity contribution in [2.45, 2.75) is 20.3 Å². The number of carbonyl (C=O) groups is 1. The molecule has 76 valence electrons. The zero-order chi connectivity index (χ0) is 10.6. The van der Waals surface area contributed by atoms with Crippen molar-refractivity contribution >= 4 is 17.6 Å². The van der Waals surface area contributed by atoms with Crippen LogP contribution in [-0.4, -0.2) is 12.6 Å². The van der Waals surface area contributed by atoms with Crippen molar-refractivity contribution in [2.75, 3.05) is 6.61 Å². The fourth-order valence-corrected chi connectivity index (χ4v) is 1.28. The fourth-order valence-electron chi connectivity index (χ4n) is 1.10. The van der Waals surface area contributed by atoms with Crippen LogP contribution in [-0.2, 0) is 4.74 Å². The normalized spacial score (nSPS) is 9.93. The number of halogens is 1. The van der Waals surface area contributed by atoms with Gasteiger partial charge in [0.2, 0.25) is 0 Å². The summed E-state index contributed by atoms with van der Waals surface area (Å²) in [5.74, 6) is -0.299. The first-order valence-electron chi connectivity index (χ1n) is 4.59. The molecule has 2 nitrogen and oxygen atoms in total. The molecule has 0 aliphatic carbocycles. The molecule has 0 unspecified atom stereocenters. The predicted molar refractivity (Wildman–Crippen MR) is 56.8 cm³/mol. The van der Waals surface area contributed by atoms with E-state index in [0.717, 1.165) is 12.0 Å². The third kappa shape index (κ3) is 2.48. The molecule has 3 heteroatoms. The van der Waals surface area contributed by atoms with Gasteiger partial charge in [0.15, 0.2) is 0 Å². The Morgan fingerprint density at radius 1 is 1.50 bits per heavy atom. The van der Waals surface area contributed by atoms with Crippen LogP contribution in [0, 0.1) is 6.92 Å². The summed E-state index contributed by atoms with van der Waals surface area (Å²) in [6.45, 7) is 4.22. The largest absolute Gasteiger partial charge is 0.462 e. The third-order valence-corrected chi connectivity index (χ3v) is 2.33. The van der Waals surface area contributed by atoms with Gasteiger partial charge in [-0.3, -0.25) is 0 Å². The van der Waals surface area contributed by atoms with Gasteiger partial charge in [-0.1, -0.05) is 24.6 Å². The molecule has 0 aromatic heterocycles. The number of esters is 1. The maximum absolute atomic E-state index is 11.5. The van der Waals surface area contributed by atoms with Crippen molar-refractivity contribution in [1.82, 2.24) is 0 Å². The lowest BCUT2D eigenvalue weighted by molar-refractivity contribution is 0.0504. The molecule has 0 bridgehead atoms. The Hall–Kier alpha value is -1.02. The summed E-state index contributed by atoms with van der Waals surface area (Å²) in [7, 11) is 0. The lowest BCUT2D eigenvalue weighted by Crippen LogP contribution is -2.07. The molecular formula is C11H13ClO2. The van der Waals surface area contributed by atoms with E-state index in [2.05, 4.69) is 0 Å². The summed E-state index contributed by atoms with van der Waals surface area (Å²) in [6.07, 6.45) is 0.825. The standard InChI is InChI=1S/C11H13ClO2/c1-3-7-14-11(13)9-5-4-6-10(12)8(9)2/h4-6H,3,7H2,1-2H3. The smallest absolute Gasteiger partial charge is 0.338 e. The van der Waals surface area contributed by atoms with E-state index in [0.29, 0.717) is 17.2 Å². The topological polar surface area (TPSA) is 26.3 Å². The number of ether oxygens (including phenoxy) is 1. The summed E-state index contributed by atoms with van der Waals surface area (Å²) < 4.78 is 5.02. The first-order chi connectivity index (χ1) is 6.66. The Labute approximate surface area is 88.8 Å². The summed E-state index contributed by atoms with van der Waals surface area (Å²) in [5.41, 5.74) is 1.32. The second kappa shape index (κ2) is 5.01. The summed E-state index contributed by atoms with van der Waals surface area (Å²) in [5, 5.41) is 0.593. The predicted octanol–water partition coefficient (Wildman–Crippen LogP) is 3.22. The van der Waals surface area contributed by atoms with Crippen molar-refractivity contribution in [3.8, 4) is 0 Å². The van der Waals surface area contributed by atoms with Crippen LogP contribution >= 0.6 is 11.6 Å². The number of rotatable bonds is 3. The Morgan fingerprint density at radius 3 is 2.86 bits per heavy atom. The van der Waals surface area contributed by atoms with E-state index in [1.54, 1.807) is 18.2 Å². The maximum atomic E-state index is 11.5. The molecular weight excluding hydrogens is 200 g/mol. The Kier molecular flexibility index (Phi) is 3.96. The highest BCUT2D eigenvalue weighted by atomic mass is 35.5. The summed E-state index contributed by atoms with van der Waals surface area (Å²) in [6, 6.07) is 5.23. The van der Waals surface area contributed by atoms with Gasteiger partial charge in [-0.25, -0.2) is 4.79 Å². The van der Waals surface area contributed by atoms with E-state index in [9.17, 15) is 4.79 Å². The zero-order valence-electron chi connectivity index (χ0n) is 8.34. The van der Waals surface area contributed by atoms with E-state index in [1.807, 2.05) is 13.8 Å². The van der Waals surface area contributed by atoms with Gasteiger partial charge >= 0.3 is 5.97 Å². The number of hydrogen-bond acceptors (Lipinski definition) is 2. The highest BCUT2D eigenvalue weighted by Crippen LogP contribution is 2.19. The van der Waals surface area contributed by atoms with Crippen LogP contribution in [0.25, 0.3) is 0 Å². The second-order valence-corrected chi connectivity index (χ2v) is 3.46. The van der Waals surface area contributed by atoms with Gasteiger partial charge in [-0.15, -0.1) is 0 Å². The molecule has 0 aliphatic rings. The minimum Gasteiger partial charge on any atom is -0.462 e. The van der Waals surface area contributed by atoms with Gasteiger partial charge in [0, 0.05) is 5.02 Å². The molecule has 0 spiro atoms. The van der Waals surface area contributed by atoms with Crippen LogP contribution in [0.5, 0.6) is 0 Å². The fraction of sp³-hybridized carbons (Fsp3) is 0.364. The summed E-state index contributed by atoms with van der Waals surface area (Å²) in [4.78, 5) is 11.5. The quantitative estimate of drug-likeness (QED) is 0.720. The average Bonchev–Trinajstić information content (AvgIpc) is 2.18. The molecule has 1 aromatic carbocycles. The minimum absolute atomic E-state index is 0.299. The van der Waals surface area contributed by atoms with Crippen LogP contribution in [0.3, 0.4) is 0 Å². The Morgan fingerprint density at radius 2 is 2.21 bits per heavy atom. The zero-order valence-corrected chi connectivity index (χ0v) is 9.10. The van der Waals surface area contributed by atoms with Crippen LogP contribution < -0.4 is 0 Å². The molecule has 0 saturated heterocycles. The van der Waals surface area contributed by atoms with Crippen LogP contribution in [0.4, 0.5) is 0 Å². The van der Waals surface area contributed by atoms with Gasteiger partial charge in [0.25, 0.3) is 0 Å². The van der Waals surface area contributed by atoms with Gasteiger partial charge in [-0.2, -0.15) is 0 Å². The molecule has 0 atom stereocenters. The molecule has 0 fully saturated rings. The van der Waals surface area contributed by atoms with E-state index < -0.39 is 0 Å². The van der Waals surface area contributed by atoms with Crippen molar-refractivity contribution < 1.29 is 9.53 Å². The number of benzene rings is 1. The third-order valence-electron chi connectivity index (χ3n) is 1.92. The molecule has 1 rings (SSSR count). The molecule has 14 heavy (non-hydrogen) atoms. The molecule has 0 amide bonds. The van der Waals surface area contributed by atoms with E-state index in [-0.39, 0.29) is 5.97 Å². The van der Waals surface area contributed by atoms with Crippen molar-refractivity contribution in [1.29, 1.82) is 0 Å². The van der Waals surface area contributed by atoms with Crippen LogP contribution in [0.1, 0.15) is 29.3 Å². The molecule has 0 heterocycles. The lowest BCUT2D eigenvalue weighted by Gasteiger charge is -2.06. The average molecular weight is 213 g/mol. The highest BCUT2D eigenvalue weighted by molar-refractivity contribution is 6.31. The van der Waals surface area contributed by atoms with Crippen molar-refractivity contribution in [3.05, 3.63) is 34.3 Å². The molecule has 1 aromatic rings. The molecule has 0 saturated carbocycles. The van der Waals surface area contributed by atoms with Crippen molar-refractivity contribution in [3.63, 3.8) is 0 Å². The van der Waals surface area contributed by atoms with E-state index >= 15 is 0 Å². The number of carbonyl (C=O) groups excluding carboxylic acids is 1. The minimum atomic E-state index is -0.299. The van der Waals surface area contributed by atoms with Gasteiger partial charge in [-0.05, 0) is 31.0 Å². The second-order valence-electron chi connectivity index (χ2n) is 3.05. The van der Waals surface area contributed by atoms with Crippen LogP contribution in [0.15, 0.2) is 18.2 Å². The van der Waals surface area contributed by atoms with Gasteiger partial charge < -0.3 is 4.74 Å². The molecule has 0 aliphatic heterocycles. The van der Waals surface area contributed by atoms with E-state index in [4.69, 9.17) is 16.3 Å². The van der Waals surface area contributed by atoms with Crippen LogP contribution in [0.2, 0.25) is 5.02 Å². The van der Waals surface area contributed by atoms with Crippen molar-refractivity contribution in [2.24, 2.45) is 0 Å². The SMILES string of the molecule is CCCOC(=O)c1cccc(Cl)c1C. The van der Waals surface area contributed by atoms with Gasteiger partial charge in [0.1, 0.15) is 0 Å². The lowest BCUT2D eigenvalue weighted by atomic mass is 10.1.